The van der Waals surface area contributed by atoms with Gasteiger partial charge in [-0.1, -0.05) is 12.1 Å². The molecule has 2 aliphatic heterocycles. The van der Waals surface area contributed by atoms with Crippen molar-refractivity contribution in [3.63, 3.8) is 0 Å². The summed E-state index contributed by atoms with van der Waals surface area (Å²) >= 11 is 0. The molecule has 4 rings (SSSR count). The van der Waals surface area contributed by atoms with E-state index in [1.54, 1.807) is 7.11 Å². The van der Waals surface area contributed by atoms with E-state index in [2.05, 4.69) is 32.3 Å². The van der Waals surface area contributed by atoms with Gasteiger partial charge >= 0.3 is 0 Å². The first-order chi connectivity index (χ1) is 14.7. The number of nitrogens with one attached hydrogen (secondary N) is 1. The molecule has 3 heterocycles. The van der Waals surface area contributed by atoms with E-state index in [9.17, 15) is 4.79 Å². The van der Waals surface area contributed by atoms with Crippen LogP contribution in [0.2, 0.25) is 0 Å². The lowest BCUT2D eigenvalue weighted by Gasteiger charge is -2.36. The second kappa shape index (κ2) is 9.98. The van der Waals surface area contributed by atoms with E-state index in [1.807, 2.05) is 22.9 Å². The number of anilines is 1. The lowest BCUT2D eigenvalue weighted by atomic mass is 10.1. The van der Waals surface area contributed by atoms with Gasteiger partial charge in [-0.05, 0) is 56.8 Å². The zero-order valence-electron chi connectivity index (χ0n) is 18.0. The van der Waals surface area contributed by atoms with Crippen molar-refractivity contribution in [3.05, 3.63) is 41.7 Å². The number of para-hydroxylation sites is 2. The second-order valence-electron chi connectivity index (χ2n) is 8.16. The summed E-state index contributed by atoms with van der Waals surface area (Å²) in [5, 5.41) is 7.48. The zero-order chi connectivity index (χ0) is 20.8. The molecular weight excluding hydrogens is 378 g/mol. The Morgan fingerprint density at radius 1 is 1.10 bits per heavy atom. The van der Waals surface area contributed by atoms with Crippen molar-refractivity contribution in [2.24, 2.45) is 0 Å². The van der Waals surface area contributed by atoms with Crippen molar-refractivity contribution in [1.29, 1.82) is 0 Å². The normalized spacial score (nSPS) is 16.9. The topological polar surface area (TPSA) is 62.6 Å². The maximum Gasteiger partial charge on any atom is 0.271 e. The zero-order valence-corrected chi connectivity index (χ0v) is 18.0. The summed E-state index contributed by atoms with van der Waals surface area (Å²) < 4.78 is 7.49. The number of rotatable bonds is 8. The molecule has 30 heavy (non-hydrogen) atoms. The number of carbonyl (C=O) groups excluding carboxylic acids is 1. The molecule has 0 saturated carbocycles. The molecule has 162 valence electrons. The largest absolute Gasteiger partial charge is 0.495 e. The van der Waals surface area contributed by atoms with Gasteiger partial charge < -0.3 is 15.0 Å². The van der Waals surface area contributed by atoms with Crippen LogP contribution in [0.1, 0.15) is 41.9 Å². The number of benzene rings is 1. The molecule has 2 aliphatic rings. The number of unbranched alkanes of at least 4 members (excludes halogenated alkanes) is 1. The number of methoxy groups -OCH3 is 1. The summed E-state index contributed by atoms with van der Waals surface area (Å²) in [7, 11) is 1.73. The maximum atomic E-state index is 12.3. The van der Waals surface area contributed by atoms with Crippen LogP contribution in [0.3, 0.4) is 0 Å². The van der Waals surface area contributed by atoms with E-state index in [4.69, 9.17) is 4.74 Å². The molecule has 1 N–H and O–H groups in total. The Balaban J connectivity index is 1.13. The summed E-state index contributed by atoms with van der Waals surface area (Å²) in [5.41, 5.74) is 2.95. The molecule has 1 fully saturated rings. The molecule has 0 unspecified atom stereocenters. The van der Waals surface area contributed by atoms with E-state index in [0.29, 0.717) is 12.2 Å². The highest BCUT2D eigenvalue weighted by molar-refractivity contribution is 5.92. The fourth-order valence-electron chi connectivity index (χ4n) is 4.39. The van der Waals surface area contributed by atoms with Crippen molar-refractivity contribution in [2.75, 3.05) is 51.3 Å². The third kappa shape index (κ3) is 4.95. The molecule has 1 amide bonds. The van der Waals surface area contributed by atoms with Gasteiger partial charge in [0.25, 0.3) is 5.91 Å². The number of piperazine rings is 1. The summed E-state index contributed by atoms with van der Waals surface area (Å²) in [6, 6.07) is 10.2. The third-order valence-electron chi connectivity index (χ3n) is 6.13. The molecule has 1 aromatic heterocycles. The summed E-state index contributed by atoms with van der Waals surface area (Å²) in [6.45, 7) is 6.88. The van der Waals surface area contributed by atoms with Gasteiger partial charge in [0.2, 0.25) is 0 Å². The van der Waals surface area contributed by atoms with Crippen LogP contribution >= 0.6 is 0 Å². The van der Waals surface area contributed by atoms with Gasteiger partial charge in [-0.15, -0.1) is 0 Å². The maximum absolute atomic E-state index is 12.3. The standard InChI is InChI=1S/C23H33N5O2/c1-30-22-10-3-2-9-21(22)27-16-14-26(15-17-27)12-7-5-11-24-23(29)20-18-19-8-4-6-13-28(19)25-20/h2-3,9-10,18H,4-8,11-17H2,1H3,(H,24,29). The van der Waals surface area contributed by atoms with Crippen LogP contribution in [-0.4, -0.2) is 67.0 Å². The van der Waals surface area contributed by atoms with Crippen LogP contribution in [0.25, 0.3) is 0 Å². The first-order valence-electron chi connectivity index (χ1n) is 11.2. The minimum absolute atomic E-state index is 0.0395. The number of aromatic nitrogens is 2. The van der Waals surface area contributed by atoms with Crippen molar-refractivity contribution in [1.82, 2.24) is 20.0 Å². The molecule has 1 saturated heterocycles. The first kappa shape index (κ1) is 20.7. The minimum Gasteiger partial charge on any atom is -0.495 e. The van der Waals surface area contributed by atoms with Gasteiger partial charge in [0.15, 0.2) is 0 Å². The Kier molecular flexibility index (Phi) is 6.89. The monoisotopic (exact) mass is 411 g/mol. The smallest absolute Gasteiger partial charge is 0.271 e. The number of hydrogen-bond acceptors (Lipinski definition) is 5. The van der Waals surface area contributed by atoms with Gasteiger partial charge in [0.1, 0.15) is 11.4 Å². The Labute approximate surface area is 179 Å². The molecule has 0 aliphatic carbocycles. The van der Waals surface area contributed by atoms with Crippen LogP contribution in [-0.2, 0) is 13.0 Å². The minimum atomic E-state index is -0.0395. The lowest BCUT2D eigenvalue weighted by Crippen LogP contribution is -2.46. The molecule has 1 aromatic carbocycles. The predicted octanol–water partition coefficient (Wildman–Crippen LogP) is 2.56. The molecule has 7 nitrogen and oxygen atoms in total. The third-order valence-corrected chi connectivity index (χ3v) is 6.13. The Morgan fingerprint density at radius 2 is 1.93 bits per heavy atom. The highest BCUT2D eigenvalue weighted by atomic mass is 16.5. The highest BCUT2D eigenvalue weighted by Gasteiger charge is 2.19. The number of carbonyl (C=O) groups is 1. The summed E-state index contributed by atoms with van der Waals surface area (Å²) in [6.07, 6.45) is 5.47. The highest BCUT2D eigenvalue weighted by Crippen LogP contribution is 2.28. The van der Waals surface area contributed by atoms with Crippen molar-refractivity contribution >= 4 is 11.6 Å². The average Bonchev–Trinajstić information content (AvgIpc) is 3.24. The van der Waals surface area contributed by atoms with Crippen LogP contribution in [0.15, 0.2) is 30.3 Å². The number of nitrogens with zero attached hydrogens (tertiary/aromatic N) is 4. The number of amides is 1. The quantitative estimate of drug-likeness (QED) is 0.677. The van der Waals surface area contributed by atoms with E-state index in [0.717, 1.165) is 70.7 Å². The Hall–Kier alpha value is -2.54. The number of aryl methyl sites for hydroxylation is 2. The van der Waals surface area contributed by atoms with Crippen molar-refractivity contribution < 1.29 is 9.53 Å². The average molecular weight is 412 g/mol. The van der Waals surface area contributed by atoms with Gasteiger partial charge in [-0.3, -0.25) is 14.4 Å². The first-order valence-corrected chi connectivity index (χ1v) is 11.2. The van der Waals surface area contributed by atoms with Gasteiger partial charge in [0, 0.05) is 45.0 Å². The number of fused-ring (bicyclic) bond motifs is 1. The van der Waals surface area contributed by atoms with Gasteiger partial charge in [-0.25, -0.2) is 0 Å². The molecule has 2 aromatic rings. The van der Waals surface area contributed by atoms with Gasteiger partial charge in [-0.2, -0.15) is 5.10 Å². The summed E-state index contributed by atoms with van der Waals surface area (Å²) in [4.78, 5) is 17.3. The van der Waals surface area contributed by atoms with Crippen LogP contribution in [0.4, 0.5) is 5.69 Å². The molecule has 0 spiro atoms. The van der Waals surface area contributed by atoms with Crippen molar-refractivity contribution in [3.8, 4) is 5.75 Å². The van der Waals surface area contributed by atoms with E-state index in [-0.39, 0.29) is 5.91 Å². The van der Waals surface area contributed by atoms with E-state index in [1.165, 1.54) is 17.8 Å². The predicted molar refractivity (Wildman–Crippen MR) is 118 cm³/mol. The van der Waals surface area contributed by atoms with Crippen LogP contribution < -0.4 is 15.0 Å². The van der Waals surface area contributed by atoms with Crippen LogP contribution in [0, 0.1) is 0 Å². The fraction of sp³-hybridized carbons (Fsp3) is 0.565. The fourth-order valence-corrected chi connectivity index (χ4v) is 4.39. The number of hydrogen-bond donors (Lipinski definition) is 1. The van der Waals surface area contributed by atoms with Crippen molar-refractivity contribution in [2.45, 2.75) is 38.6 Å². The van der Waals surface area contributed by atoms with Crippen LogP contribution in [0.5, 0.6) is 5.75 Å². The molecule has 7 heteroatoms. The van der Waals surface area contributed by atoms with E-state index >= 15 is 0 Å². The molecule has 0 atom stereocenters. The molecule has 0 radical (unpaired) electrons. The molecule has 0 bridgehead atoms. The Morgan fingerprint density at radius 3 is 2.73 bits per heavy atom. The van der Waals surface area contributed by atoms with E-state index < -0.39 is 0 Å². The van der Waals surface area contributed by atoms with Gasteiger partial charge in [0.05, 0.1) is 12.8 Å². The number of ether oxygens (including phenoxy) is 1. The lowest BCUT2D eigenvalue weighted by molar-refractivity contribution is 0.0946. The SMILES string of the molecule is COc1ccccc1N1CCN(CCCCNC(=O)c2cc3n(n2)CCCC3)CC1. The summed E-state index contributed by atoms with van der Waals surface area (Å²) in [5.74, 6) is 0.905. The second-order valence-corrected chi connectivity index (χ2v) is 8.16. The Bertz CT molecular complexity index is 818. The molecular formula is C23H33N5O2.